The molecule has 0 aromatic heterocycles. The van der Waals surface area contributed by atoms with Crippen LogP contribution in [0.15, 0.2) is 12.1 Å². The van der Waals surface area contributed by atoms with E-state index in [-0.39, 0.29) is 16.8 Å². The highest BCUT2D eigenvalue weighted by atomic mass is 35.5. The van der Waals surface area contributed by atoms with Gasteiger partial charge in [0.05, 0.1) is 22.1 Å². The normalized spacial score (nSPS) is 9.40. The third-order valence-corrected chi connectivity index (χ3v) is 2.07. The van der Waals surface area contributed by atoms with E-state index in [1.54, 1.807) is 6.07 Å². The monoisotopic (exact) mass is 224 g/mol. The topological polar surface area (TPSA) is 84.0 Å². The lowest BCUT2D eigenvalue weighted by molar-refractivity contribution is -0.385. The maximum Gasteiger partial charge on any atom is 0.273 e. The van der Waals surface area contributed by atoms with Crippen LogP contribution in [0.5, 0.6) is 0 Å². The van der Waals surface area contributed by atoms with Crippen LogP contribution in [0, 0.1) is 28.4 Å². The van der Waals surface area contributed by atoms with Gasteiger partial charge < -0.3 is 0 Å². The van der Waals surface area contributed by atoms with Gasteiger partial charge in [0.25, 0.3) is 10.9 Å². The van der Waals surface area contributed by atoms with Gasteiger partial charge in [-0.25, -0.2) is 0 Å². The number of hydrogen-bond donors (Lipinski definition) is 0. The van der Waals surface area contributed by atoms with Gasteiger partial charge in [-0.2, -0.15) is 5.26 Å². The van der Waals surface area contributed by atoms with Crippen molar-refractivity contribution >= 4 is 22.5 Å². The van der Waals surface area contributed by atoms with E-state index >= 15 is 0 Å². The second-order valence-electron chi connectivity index (χ2n) is 2.83. The molecule has 0 saturated heterocycles. The van der Waals surface area contributed by atoms with Crippen molar-refractivity contribution in [3.05, 3.63) is 38.9 Å². The highest BCUT2D eigenvalue weighted by molar-refractivity contribution is 6.68. The Bertz CT molecular complexity index is 491. The lowest BCUT2D eigenvalue weighted by Crippen LogP contribution is -1.99. The molecule has 0 amide bonds. The Hall–Kier alpha value is -1.93. The molecule has 0 spiro atoms. The van der Waals surface area contributed by atoms with Crippen molar-refractivity contribution in [2.75, 3.05) is 0 Å². The summed E-state index contributed by atoms with van der Waals surface area (Å²) in [6, 6.07) is 4.04. The van der Waals surface area contributed by atoms with Crippen LogP contribution in [0.1, 0.15) is 21.5 Å². The van der Waals surface area contributed by atoms with E-state index in [4.69, 9.17) is 16.9 Å². The van der Waals surface area contributed by atoms with Gasteiger partial charge >= 0.3 is 0 Å². The summed E-state index contributed by atoms with van der Waals surface area (Å²) in [6.45, 7) is 1.49. The highest BCUT2D eigenvalue weighted by Crippen LogP contribution is 2.23. The van der Waals surface area contributed by atoms with Crippen LogP contribution < -0.4 is 0 Å². The molecule has 1 aromatic rings. The van der Waals surface area contributed by atoms with Gasteiger partial charge in [0.15, 0.2) is 0 Å². The van der Waals surface area contributed by atoms with E-state index in [1.807, 2.05) is 0 Å². The summed E-state index contributed by atoms with van der Waals surface area (Å²) < 4.78 is 0. The van der Waals surface area contributed by atoms with E-state index in [9.17, 15) is 14.9 Å². The molecule has 76 valence electrons. The molecule has 0 aliphatic heterocycles. The standard InChI is InChI=1S/C9H5ClN2O3/c1-5-2-6(4-11)7(9(10)13)3-8(5)12(14)15/h2-3H,1H3. The predicted molar refractivity (Wildman–Crippen MR) is 52.7 cm³/mol. The van der Waals surface area contributed by atoms with Crippen LogP contribution in [-0.2, 0) is 0 Å². The smallest absolute Gasteiger partial charge is 0.273 e. The van der Waals surface area contributed by atoms with Crippen LogP contribution in [-0.4, -0.2) is 10.2 Å². The second kappa shape index (κ2) is 4.07. The van der Waals surface area contributed by atoms with Crippen molar-refractivity contribution in [1.82, 2.24) is 0 Å². The van der Waals surface area contributed by atoms with Crippen LogP contribution in [0.4, 0.5) is 5.69 Å². The second-order valence-corrected chi connectivity index (χ2v) is 3.17. The molecule has 0 bridgehead atoms. The number of hydrogen-bond acceptors (Lipinski definition) is 4. The number of nitriles is 1. The summed E-state index contributed by atoms with van der Waals surface area (Å²) in [5, 5.41) is 18.4. The zero-order valence-corrected chi connectivity index (χ0v) is 8.41. The SMILES string of the molecule is Cc1cc(C#N)c(C(=O)Cl)cc1[N+](=O)[O-]. The number of carbonyl (C=O) groups is 1. The van der Waals surface area contributed by atoms with Crippen molar-refractivity contribution < 1.29 is 9.72 Å². The number of rotatable bonds is 2. The van der Waals surface area contributed by atoms with Gasteiger partial charge in [-0.1, -0.05) is 0 Å². The van der Waals surface area contributed by atoms with Gasteiger partial charge in [0, 0.05) is 11.6 Å². The van der Waals surface area contributed by atoms with E-state index in [0.717, 1.165) is 6.07 Å². The largest absolute Gasteiger partial charge is 0.276 e. The molecule has 15 heavy (non-hydrogen) atoms. The van der Waals surface area contributed by atoms with E-state index < -0.39 is 10.2 Å². The molecule has 0 aliphatic rings. The molecule has 1 aromatic carbocycles. The number of nitrogens with zero attached hydrogens (tertiary/aromatic N) is 2. The van der Waals surface area contributed by atoms with Crippen molar-refractivity contribution in [2.45, 2.75) is 6.92 Å². The lowest BCUT2D eigenvalue weighted by atomic mass is 10.0. The minimum atomic E-state index is -0.880. The molecule has 1 rings (SSSR count). The summed E-state index contributed by atoms with van der Waals surface area (Å²) in [6.07, 6.45) is 0. The number of benzene rings is 1. The zero-order chi connectivity index (χ0) is 11.6. The first-order chi connectivity index (χ1) is 6.97. The summed E-state index contributed by atoms with van der Waals surface area (Å²) in [7, 11) is 0. The fraction of sp³-hybridized carbons (Fsp3) is 0.111. The number of nitro groups is 1. The average molecular weight is 225 g/mol. The summed E-state index contributed by atoms with van der Waals surface area (Å²) in [5.74, 6) is 0. The first-order valence-corrected chi connectivity index (χ1v) is 4.24. The lowest BCUT2D eigenvalue weighted by Gasteiger charge is -2.01. The third kappa shape index (κ3) is 2.11. The predicted octanol–water partition coefficient (Wildman–Crippen LogP) is 2.15. The van der Waals surface area contributed by atoms with E-state index in [1.165, 1.54) is 13.0 Å². The van der Waals surface area contributed by atoms with Crippen molar-refractivity contribution in [3.8, 4) is 6.07 Å². The quantitative estimate of drug-likeness (QED) is 0.438. The fourth-order valence-corrected chi connectivity index (χ4v) is 1.30. The molecule has 0 unspecified atom stereocenters. The molecule has 0 atom stereocenters. The Kier molecular flexibility index (Phi) is 3.02. The summed E-state index contributed by atoms with van der Waals surface area (Å²) in [5.41, 5.74) is -0.00853. The Morgan fingerprint density at radius 2 is 2.20 bits per heavy atom. The summed E-state index contributed by atoms with van der Waals surface area (Å²) in [4.78, 5) is 20.8. The Morgan fingerprint density at radius 3 is 2.60 bits per heavy atom. The van der Waals surface area contributed by atoms with Gasteiger partial charge in [-0.15, -0.1) is 0 Å². The number of aryl methyl sites for hydroxylation is 1. The molecular weight excluding hydrogens is 220 g/mol. The minimum Gasteiger partial charge on any atom is -0.276 e. The Morgan fingerprint density at radius 1 is 1.60 bits per heavy atom. The minimum absolute atomic E-state index is 0.0399. The molecule has 0 aliphatic carbocycles. The van der Waals surface area contributed by atoms with Crippen molar-refractivity contribution in [2.24, 2.45) is 0 Å². The van der Waals surface area contributed by atoms with E-state index in [2.05, 4.69) is 0 Å². The Balaban J connectivity index is 3.52. The van der Waals surface area contributed by atoms with Crippen molar-refractivity contribution in [3.63, 3.8) is 0 Å². The first-order valence-electron chi connectivity index (χ1n) is 3.86. The van der Waals surface area contributed by atoms with Gasteiger partial charge in [-0.05, 0) is 24.6 Å². The van der Waals surface area contributed by atoms with Gasteiger partial charge in [-0.3, -0.25) is 14.9 Å². The molecule has 6 heteroatoms. The van der Waals surface area contributed by atoms with Crippen LogP contribution in [0.2, 0.25) is 0 Å². The summed E-state index contributed by atoms with van der Waals surface area (Å²) >= 11 is 5.20. The molecule has 0 fully saturated rings. The van der Waals surface area contributed by atoms with Crippen LogP contribution >= 0.6 is 11.6 Å². The fourth-order valence-electron chi connectivity index (χ4n) is 1.15. The molecule has 0 N–H and O–H groups in total. The number of nitro benzene ring substituents is 1. The molecule has 0 heterocycles. The number of carbonyl (C=O) groups excluding carboxylic acids is 1. The number of halogens is 1. The maximum atomic E-state index is 10.9. The Labute approximate surface area is 90.0 Å². The molecule has 0 saturated carbocycles. The first kappa shape index (κ1) is 11.1. The highest BCUT2D eigenvalue weighted by Gasteiger charge is 2.18. The average Bonchev–Trinajstić information content (AvgIpc) is 2.16. The third-order valence-electron chi connectivity index (χ3n) is 1.86. The van der Waals surface area contributed by atoms with Gasteiger partial charge in [0.2, 0.25) is 0 Å². The van der Waals surface area contributed by atoms with Crippen LogP contribution in [0.25, 0.3) is 0 Å². The zero-order valence-electron chi connectivity index (χ0n) is 7.65. The maximum absolute atomic E-state index is 10.9. The molecule has 5 nitrogen and oxygen atoms in total. The van der Waals surface area contributed by atoms with E-state index in [0.29, 0.717) is 5.56 Å². The van der Waals surface area contributed by atoms with Crippen molar-refractivity contribution in [1.29, 1.82) is 5.26 Å². The van der Waals surface area contributed by atoms with Gasteiger partial charge in [0.1, 0.15) is 0 Å². The molecule has 0 radical (unpaired) electrons. The van der Waals surface area contributed by atoms with Crippen LogP contribution in [0.3, 0.4) is 0 Å². The molecular formula is C9H5ClN2O3.